The smallest absolute Gasteiger partial charge is 0.272 e. The van der Waals surface area contributed by atoms with Crippen molar-refractivity contribution in [3.8, 4) is 11.8 Å². The topological polar surface area (TPSA) is 87.9 Å². The summed E-state index contributed by atoms with van der Waals surface area (Å²) >= 11 is 6.03. The lowest BCUT2D eigenvalue weighted by molar-refractivity contribution is 0.0888. The predicted octanol–water partition coefficient (Wildman–Crippen LogP) is 3.43. The third-order valence-corrected chi connectivity index (χ3v) is 4.72. The Bertz CT molecular complexity index is 824. The summed E-state index contributed by atoms with van der Waals surface area (Å²) in [5.74, 6) is 0.470. The lowest BCUT2D eigenvalue weighted by atomic mass is 9.93. The summed E-state index contributed by atoms with van der Waals surface area (Å²) < 4.78 is 5.96. The number of nitriles is 1. The van der Waals surface area contributed by atoms with Gasteiger partial charge in [-0.25, -0.2) is 0 Å². The van der Waals surface area contributed by atoms with Crippen LogP contribution in [-0.2, 0) is 0 Å². The number of nitrogens with zero attached hydrogens (tertiary/aromatic N) is 3. The maximum absolute atomic E-state index is 12.2. The number of carbonyl (C=O) groups excluding carboxylic acids is 1. The number of aromatic nitrogens is 2. The van der Waals surface area contributed by atoms with Crippen LogP contribution in [0.3, 0.4) is 0 Å². The molecule has 3 rings (SSSR count). The molecule has 1 heterocycles. The molecule has 1 fully saturated rings. The molecule has 0 unspecified atom stereocenters. The molecule has 0 atom stereocenters. The summed E-state index contributed by atoms with van der Waals surface area (Å²) in [4.78, 5) is 12.2. The zero-order chi connectivity index (χ0) is 18.5. The minimum absolute atomic E-state index is 0.0753. The molecule has 1 saturated carbocycles. The number of amides is 1. The van der Waals surface area contributed by atoms with E-state index in [4.69, 9.17) is 21.6 Å². The molecule has 1 aromatic heterocycles. The SMILES string of the molecule is Cc1ccc(C(=O)N[C@H]2CC[C@H](Oc3ccc(C#N)c(Cl)c3)CC2)nn1. The van der Waals surface area contributed by atoms with Gasteiger partial charge in [-0.1, -0.05) is 11.6 Å². The first-order chi connectivity index (χ1) is 12.5. The van der Waals surface area contributed by atoms with Gasteiger partial charge < -0.3 is 10.1 Å². The fourth-order valence-electron chi connectivity index (χ4n) is 2.96. The second-order valence-electron chi connectivity index (χ2n) is 6.38. The van der Waals surface area contributed by atoms with E-state index >= 15 is 0 Å². The number of aryl methyl sites for hydroxylation is 1. The van der Waals surface area contributed by atoms with Crippen molar-refractivity contribution in [2.75, 3.05) is 0 Å². The van der Waals surface area contributed by atoms with Crippen LogP contribution >= 0.6 is 11.6 Å². The second-order valence-corrected chi connectivity index (χ2v) is 6.79. The number of hydrogen-bond acceptors (Lipinski definition) is 5. The zero-order valence-corrected chi connectivity index (χ0v) is 15.2. The Hall–Kier alpha value is -2.65. The van der Waals surface area contributed by atoms with Crippen LogP contribution in [0.2, 0.25) is 5.02 Å². The maximum atomic E-state index is 12.2. The van der Waals surface area contributed by atoms with Crippen LogP contribution < -0.4 is 10.1 Å². The monoisotopic (exact) mass is 370 g/mol. The number of rotatable bonds is 4. The first-order valence-corrected chi connectivity index (χ1v) is 8.90. The Morgan fingerprint density at radius 3 is 2.62 bits per heavy atom. The molecule has 1 aromatic carbocycles. The van der Waals surface area contributed by atoms with E-state index in [0.29, 0.717) is 22.0 Å². The number of benzene rings is 1. The summed E-state index contributed by atoms with van der Waals surface area (Å²) in [5, 5.41) is 20.1. The van der Waals surface area contributed by atoms with E-state index in [2.05, 4.69) is 15.5 Å². The molecule has 1 N–H and O–H groups in total. The van der Waals surface area contributed by atoms with Crippen molar-refractivity contribution >= 4 is 17.5 Å². The van der Waals surface area contributed by atoms with Gasteiger partial charge in [-0.3, -0.25) is 4.79 Å². The summed E-state index contributed by atoms with van der Waals surface area (Å²) in [6.07, 6.45) is 3.41. The third kappa shape index (κ3) is 4.50. The van der Waals surface area contributed by atoms with Crippen molar-refractivity contribution in [1.82, 2.24) is 15.5 Å². The van der Waals surface area contributed by atoms with Crippen LogP contribution in [0.15, 0.2) is 30.3 Å². The van der Waals surface area contributed by atoms with Crippen molar-refractivity contribution in [2.24, 2.45) is 0 Å². The van der Waals surface area contributed by atoms with Crippen LogP contribution in [0.5, 0.6) is 5.75 Å². The lowest BCUT2D eigenvalue weighted by Gasteiger charge is -2.29. The highest BCUT2D eigenvalue weighted by Gasteiger charge is 2.24. The van der Waals surface area contributed by atoms with E-state index in [1.807, 2.05) is 13.0 Å². The Balaban J connectivity index is 1.49. The molecule has 1 aliphatic rings. The highest BCUT2D eigenvalue weighted by atomic mass is 35.5. The number of nitrogens with one attached hydrogen (secondary N) is 1. The molecule has 2 aromatic rings. The van der Waals surface area contributed by atoms with Gasteiger partial charge in [-0.15, -0.1) is 5.10 Å². The largest absolute Gasteiger partial charge is 0.490 e. The number of carbonyl (C=O) groups is 1. The second kappa shape index (κ2) is 8.15. The quantitative estimate of drug-likeness (QED) is 0.890. The van der Waals surface area contributed by atoms with Gasteiger partial charge in [0.1, 0.15) is 11.8 Å². The Morgan fingerprint density at radius 2 is 2.00 bits per heavy atom. The van der Waals surface area contributed by atoms with Crippen molar-refractivity contribution < 1.29 is 9.53 Å². The molecule has 26 heavy (non-hydrogen) atoms. The molecule has 1 aliphatic carbocycles. The average Bonchev–Trinajstić information content (AvgIpc) is 2.64. The highest BCUT2D eigenvalue weighted by molar-refractivity contribution is 6.31. The van der Waals surface area contributed by atoms with Gasteiger partial charge in [-0.2, -0.15) is 10.4 Å². The Labute approximate surface area is 157 Å². The molecule has 134 valence electrons. The van der Waals surface area contributed by atoms with Crippen molar-refractivity contribution in [2.45, 2.75) is 44.8 Å². The van der Waals surface area contributed by atoms with E-state index in [-0.39, 0.29) is 18.1 Å². The number of hydrogen-bond donors (Lipinski definition) is 1. The standard InChI is InChI=1S/C19H19ClN4O2/c1-12-2-9-18(24-23-12)19(25)22-14-4-7-15(8-5-14)26-16-6-3-13(11-21)17(20)10-16/h2-3,6,9-10,14-15H,4-5,7-8H2,1H3,(H,22,25)/t14-,15-. The number of halogens is 1. The molecular formula is C19H19ClN4O2. The van der Waals surface area contributed by atoms with Gasteiger partial charge in [0, 0.05) is 12.1 Å². The fourth-order valence-corrected chi connectivity index (χ4v) is 3.17. The normalized spacial score (nSPS) is 19.4. The fraction of sp³-hybridized carbons (Fsp3) is 0.368. The summed E-state index contributed by atoms with van der Waals surface area (Å²) in [7, 11) is 0. The van der Waals surface area contributed by atoms with E-state index in [1.165, 1.54) is 0 Å². The van der Waals surface area contributed by atoms with E-state index in [1.54, 1.807) is 30.3 Å². The van der Waals surface area contributed by atoms with E-state index in [0.717, 1.165) is 31.4 Å². The van der Waals surface area contributed by atoms with Crippen LogP contribution in [0, 0.1) is 18.3 Å². The van der Waals surface area contributed by atoms with Crippen LogP contribution in [0.1, 0.15) is 47.4 Å². The molecule has 0 saturated heterocycles. The third-order valence-electron chi connectivity index (χ3n) is 4.40. The number of ether oxygens (including phenoxy) is 1. The first kappa shape index (κ1) is 18.2. The van der Waals surface area contributed by atoms with Crippen molar-refractivity contribution in [1.29, 1.82) is 5.26 Å². The minimum Gasteiger partial charge on any atom is -0.490 e. The van der Waals surface area contributed by atoms with Gasteiger partial charge in [-0.05, 0) is 56.9 Å². The zero-order valence-electron chi connectivity index (χ0n) is 14.4. The molecular weight excluding hydrogens is 352 g/mol. The Morgan fingerprint density at radius 1 is 1.23 bits per heavy atom. The molecule has 0 spiro atoms. The van der Waals surface area contributed by atoms with Gasteiger partial charge in [0.25, 0.3) is 5.91 Å². The molecule has 6 nitrogen and oxygen atoms in total. The average molecular weight is 371 g/mol. The molecule has 7 heteroatoms. The van der Waals surface area contributed by atoms with Crippen molar-refractivity contribution in [3.63, 3.8) is 0 Å². The Kier molecular flexibility index (Phi) is 5.69. The van der Waals surface area contributed by atoms with E-state index in [9.17, 15) is 4.79 Å². The van der Waals surface area contributed by atoms with Crippen molar-refractivity contribution in [3.05, 3.63) is 52.3 Å². The van der Waals surface area contributed by atoms with Crippen LogP contribution in [-0.4, -0.2) is 28.3 Å². The van der Waals surface area contributed by atoms with Crippen LogP contribution in [0.25, 0.3) is 0 Å². The molecule has 0 radical (unpaired) electrons. The van der Waals surface area contributed by atoms with Crippen LogP contribution in [0.4, 0.5) is 0 Å². The van der Waals surface area contributed by atoms with Gasteiger partial charge in [0.05, 0.1) is 22.4 Å². The molecule has 1 amide bonds. The summed E-state index contributed by atoms with van der Waals surface area (Å²) in [6.45, 7) is 1.83. The van der Waals surface area contributed by atoms with E-state index < -0.39 is 0 Å². The summed E-state index contributed by atoms with van der Waals surface area (Å²) in [5.41, 5.74) is 1.55. The predicted molar refractivity (Wildman–Crippen MR) is 97.1 cm³/mol. The molecule has 0 bridgehead atoms. The van der Waals surface area contributed by atoms with Gasteiger partial charge in [0.2, 0.25) is 0 Å². The van der Waals surface area contributed by atoms with Gasteiger partial charge in [0.15, 0.2) is 5.69 Å². The highest BCUT2D eigenvalue weighted by Crippen LogP contribution is 2.27. The minimum atomic E-state index is -0.194. The van der Waals surface area contributed by atoms with Gasteiger partial charge >= 0.3 is 0 Å². The maximum Gasteiger partial charge on any atom is 0.272 e. The summed E-state index contributed by atoms with van der Waals surface area (Å²) in [6, 6.07) is 10.7. The lowest BCUT2D eigenvalue weighted by Crippen LogP contribution is -2.40. The molecule has 0 aliphatic heterocycles. The first-order valence-electron chi connectivity index (χ1n) is 8.52.